The topological polar surface area (TPSA) is 42.9 Å². The van der Waals surface area contributed by atoms with Gasteiger partial charge in [0.2, 0.25) is 0 Å². The molecule has 0 aliphatic carbocycles. The summed E-state index contributed by atoms with van der Waals surface area (Å²) in [5, 5.41) is 7.68. The summed E-state index contributed by atoms with van der Waals surface area (Å²) < 4.78 is 15.7. The molecule has 2 aromatic heterocycles. The highest BCUT2D eigenvalue weighted by Crippen LogP contribution is 2.46. The van der Waals surface area contributed by atoms with E-state index in [2.05, 4.69) is 53.5 Å². The van der Waals surface area contributed by atoms with Crippen molar-refractivity contribution in [3.05, 3.63) is 128 Å². The van der Waals surface area contributed by atoms with Gasteiger partial charge in [0.1, 0.15) is 5.44 Å². The SMILES string of the molecule is O=P(c1ccc2ccc3cccnc3c2n1)(c1cccc2ccccc12)c1cccc2ccccc12. The number of rotatable bonds is 3. The number of hydrogen-bond acceptors (Lipinski definition) is 3. The lowest BCUT2D eigenvalue weighted by Gasteiger charge is -2.22. The first kappa shape index (κ1) is 21.0. The summed E-state index contributed by atoms with van der Waals surface area (Å²) in [6.07, 6.45) is 1.78. The monoisotopic (exact) mass is 480 g/mol. The Morgan fingerprint density at radius 3 is 1.67 bits per heavy atom. The Morgan fingerprint density at radius 1 is 0.472 bits per heavy atom. The van der Waals surface area contributed by atoms with Crippen molar-refractivity contribution in [3.8, 4) is 0 Å². The molecule has 5 aromatic carbocycles. The summed E-state index contributed by atoms with van der Waals surface area (Å²) >= 11 is 0. The third-order valence-corrected chi connectivity index (χ3v) is 9.98. The Morgan fingerprint density at radius 2 is 1.00 bits per heavy atom. The maximum atomic E-state index is 15.7. The molecule has 170 valence electrons. The van der Waals surface area contributed by atoms with Crippen molar-refractivity contribution in [2.45, 2.75) is 0 Å². The molecule has 7 rings (SSSR count). The van der Waals surface area contributed by atoms with Crippen LogP contribution in [-0.4, -0.2) is 9.97 Å². The molecule has 0 aliphatic heterocycles. The summed E-state index contributed by atoms with van der Waals surface area (Å²) in [6.45, 7) is 0. The standard InChI is InChI=1S/C32H21N2OP/c35-36(28-15-5-10-22-8-1-3-13-26(22)28,29-16-6-11-23-9-2-4-14-27(23)29)30-20-19-25-18-17-24-12-7-21-33-31(24)32(25)34-30/h1-21H. The number of benzene rings is 5. The quantitative estimate of drug-likeness (QED) is 0.208. The molecular formula is C32H21N2OP. The lowest BCUT2D eigenvalue weighted by Crippen LogP contribution is -2.28. The normalized spacial score (nSPS) is 12.0. The van der Waals surface area contributed by atoms with Crippen LogP contribution < -0.4 is 16.0 Å². The van der Waals surface area contributed by atoms with Crippen LogP contribution in [0.15, 0.2) is 128 Å². The second kappa shape index (κ2) is 8.12. The summed E-state index contributed by atoms with van der Waals surface area (Å²) in [4.78, 5) is 9.74. The lowest BCUT2D eigenvalue weighted by atomic mass is 10.1. The Bertz CT molecular complexity index is 1900. The molecule has 2 heterocycles. The molecule has 0 atom stereocenters. The number of nitrogens with zero attached hydrogens (tertiary/aromatic N) is 2. The van der Waals surface area contributed by atoms with Gasteiger partial charge >= 0.3 is 0 Å². The van der Waals surface area contributed by atoms with Gasteiger partial charge in [0.25, 0.3) is 0 Å². The molecule has 0 radical (unpaired) electrons. The van der Waals surface area contributed by atoms with Crippen LogP contribution in [0.25, 0.3) is 43.4 Å². The first-order valence-corrected chi connectivity index (χ1v) is 13.7. The fraction of sp³-hybridized carbons (Fsp3) is 0. The smallest absolute Gasteiger partial charge is 0.189 e. The molecule has 0 fully saturated rings. The van der Waals surface area contributed by atoms with Crippen LogP contribution in [0.5, 0.6) is 0 Å². The first-order valence-electron chi connectivity index (χ1n) is 12.0. The van der Waals surface area contributed by atoms with E-state index in [0.29, 0.717) is 5.44 Å². The van der Waals surface area contributed by atoms with E-state index in [0.717, 1.165) is 54.0 Å². The molecule has 4 heteroatoms. The van der Waals surface area contributed by atoms with E-state index in [-0.39, 0.29) is 0 Å². The minimum atomic E-state index is -3.39. The predicted octanol–water partition coefficient (Wildman–Crippen LogP) is 6.73. The third kappa shape index (κ3) is 3.10. The van der Waals surface area contributed by atoms with Gasteiger partial charge in [0, 0.05) is 27.6 Å². The second-order valence-electron chi connectivity index (χ2n) is 8.99. The number of fused-ring (bicyclic) bond motifs is 5. The van der Waals surface area contributed by atoms with Gasteiger partial charge in [-0.2, -0.15) is 0 Å². The molecule has 3 nitrogen and oxygen atoms in total. The molecular weight excluding hydrogens is 459 g/mol. The minimum absolute atomic E-state index is 0.570. The van der Waals surface area contributed by atoms with Crippen LogP contribution in [-0.2, 0) is 4.57 Å². The Labute approximate surface area is 208 Å². The van der Waals surface area contributed by atoms with Gasteiger partial charge in [0.05, 0.1) is 11.0 Å². The number of hydrogen-bond donors (Lipinski definition) is 0. The zero-order valence-electron chi connectivity index (χ0n) is 19.4. The summed E-state index contributed by atoms with van der Waals surface area (Å²) in [6, 6.07) is 40.4. The van der Waals surface area contributed by atoms with Crippen LogP contribution in [0.2, 0.25) is 0 Å². The predicted molar refractivity (Wildman–Crippen MR) is 151 cm³/mol. The van der Waals surface area contributed by atoms with Gasteiger partial charge in [-0.05, 0) is 33.7 Å². The zero-order valence-corrected chi connectivity index (χ0v) is 20.3. The van der Waals surface area contributed by atoms with Crippen molar-refractivity contribution < 1.29 is 4.57 Å². The number of pyridine rings is 2. The van der Waals surface area contributed by atoms with E-state index in [1.165, 1.54) is 0 Å². The Hall–Kier alpha value is -4.33. The van der Waals surface area contributed by atoms with Crippen molar-refractivity contribution in [3.63, 3.8) is 0 Å². The van der Waals surface area contributed by atoms with E-state index in [1.807, 2.05) is 72.8 Å². The van der Waals surface area contributed by atoms with Crippen LogP contribution in [0.1, 0.15) is 0 Å². The van der Waals surface area contributed by atoms with Gasteiger partial charge < -0.3 is 4.57 Å². The number of aromatic nitrogens is 2. The van der Waals surface area contributed by atoms with Crippen LogP contribution in [0.4, 0.5) is 0 Å². The Balaban J connectivity index is 1.63. The molecule has 7 aromatic rings. The Kier molecular flexibility index (Phi) is 4.73. The van der Waals surface area contributed by atoms with E-state index >= 15 is 4.57 Å². The molecule has 0 saturated carbocycles. The highest BCUT2D eigenvalue weighted by atomic mass is 31.2. The summed E-state index contributed by atoms with van der Waals surface area (Å²) in [5.74, 6) is 0. The molecule has 0 N–H and O–H groups in total. The average molecular weight is 481 g/mol. The zero-order chi connectivity index (χ0) is 24.1. The van der Waals surface area contributed by atoms with Gasteiger partial charge in [-0.15, -0.1) is 0 Å². The fourth-order valence-electron chi connectivity index (χ4n) is 5.23. The van der Waals surface area contributed by atoms with Gasteiger partial charge in [-0.3, -0.25) is 4.98 Å². The fourth-order valence-corrected chi connectivity index (χ4v) is 8.19. The van der Waals surface area contributed by atoms with E-state index in [9.17, 15) is 0 Å². The van der Waals surface area contributed by atoms with Crippen molar-refractivity contribution in [1.29, 1.82) is 0 Å². The van der Waals surface area contributed by atoms with E-state index in [4.69, 9.17) is 4.98 Å². The molecule has 0 saturated heterocycles. The first-order chi connectivity index (χ1) is 17.7. The molecule has 0 bridgehead atoms. The van der Waals surface area contributed by atoms with Crippen molar-refractivity contribution in [1.82, 2.24) is 9.97 Å². The van der Waals surface area contributed by atoms with Gasteiger partial charge in [0.15, 0.2) is 7.14 Å². The average Bonchev–Trinajstić information content (AvgIpc) is 2.96. The second-order valence-corrected chi connectivity index (χ2v) is 11.6. The highest BCUT2D eigenvalue weighted by molar-refractivity contribution is 7.86. The molecule has 0 spiro atoms. The van der Waals surface area contributed by atoms with E-state index < -0.39 is 7.14 Å². The lowest BCUT2D eigenvalue weighted by molar-refractivity contribution is 0.592. The maximum Gasteiger partial charge on any atom is 0.189 e. The molecule has 0 amide bonds. The largest absolute Gasteiger partial charge is 0.307 e. The molecule has 0 aliphatic rings. The summed E-state index contributed by atoms with van der Waals surface area (Å²) in [5.41, 5.74) is 2.16. The van der Waals surface area contributed by atoms with E-state index in [1.54, 1.807) is 6.20 Å². The summed E-state index contributed by atoms with van der Waals surface area (Å²) in [7, 11) is -3.39. The molecule has 36 heavy (non-hydrogen) atoms. The highest BCUT2D eigenvalue weighted by Gasteiger charge is 2.34. The van der Waals surface area contributed by atoms with Crippen molar-refractivity contribution in [2.24, 2.45) is 0 Å². The van der Waals surface area contributed by atoms with Crippen LogP contribution in [0.3, 0.4) is 0 Å². The third-order valence-electron chi connectivity index (χ3n) is 6.95. The molecule has 0 unspecified atom stereocenters. The van der Waals surface area contributed by atoms with Crippen molar-refractivity contribution >= 4 is 66.5 Å². The van der Waals surface area contributed by atoms with Crippen molar-refractivity contribution in [2.75, 3.05) is 0 Å². The maximum absolute atomic E-state index is 15.7. The van der Waals surface area contributed by atoms with Crippen LogP contribution in [0, 0.1) is 0 Å². The minimum Gasteiger partial charge on any atom is -0.307 e. The van der Waals surface area contributed by atoms with Crippen LogP contribution >= 0.6 is 7.14 Å². The van der Waals surface area contributed by atoms with Gasteiger partial charge in [-0.1, -0.05) is 109 Å². The van der Waals surface area contributed by atoms with Gasteiger partial charge in [-0.25, -0.2) is 4.98 Å².